The summed E-state index contributed by atoms with van der Waals surface area (Å²) in [6.45, 7) is 2.05. The third-order valence-electron chi connectivity index (χ3n) is 5.16. The van der Waals surface area contributed by atoms with E-state index < -0.39 is 23.7 Å². The molecule has 0 bridgehead atoms. The Balaban J connectivity index is 1.66. The van der Waals surface area contributed by atoms with Gasteiger partial charge in [0, 0.05) is 10.6 Å². The van der Waals surface area contributed by atoms with Crippen LogP contribution in [0.2, 0.25) is 5.02 Å². The van der Waals surface area contributed by atoms with Crippen LogP contribution in [0.15, 0.2) is 70.7 Å². The van der Waals surface area contributed by atoms with E-state index in [1.165, 1.54) is 36.4 Å². The molecule has 4 rings (SSSR count). The summed E-state index contributed by atoms with van der Waals surface area (Å²) in [6.07, 6.45) is 1.35. The molecule has 1 N–H and O–H groups in total. The van der Waals surface area contributed by atoms with Gasteiger partial charge in [-0.2, -0.15) is 0 Å². The van der Waals surface area contributed by atoms with Gasteiger partial charge in [0.2, 0.25) is 0 Å². The van der Waals surface area contributed by atoms with Gasteiger partial charge < -0.3 is 9.47 Å². The van der Waals surface area contributed by atoms with E-state index in [0.29, 0.717) is 38.7 Å². The van der Waals surface area contributed by atoms with Crippen LogP contribution in [0.1, 0.15) is 18.1 Å². The summed E-state index contributed by atoms with van der Waals surface area (Å²) in [7, 11) is 0. The largest absolute Gasteiger partial charge is 0.490 e. The van der Waals surface area contributed by atoms with E-state index in [0.717, 1.165) is 4.90 Å². The van der Waals surface area contributed by atoms with Gasteiger partial charge in [-0.1, -0.05) is 29.8 Å². The molecule has 1 heterocycles. The van der Waals surface area contributed by atoms with Gasteiger partial charge in [-0.05, 0) is 77.0 Å². The number of urea groups is 1. The lowest BCUT2D eigenvalue weighted by atomic mass is 10.1. The smallest absolute Gasteiger partial charge is 0.335 e. The molecule has 3 aromatic rings. The zero-order chi connectivity index (χ0) is 25.8. The lowest BCUT2D eigenvalue weighted by molar-refractivity contribution is -0.122. The molecule has 0 aromatic heterocycles. The number of carbonyl (C=O) groups is 3. The zero-order valence-electron chi connectivity index (χ0n) is 18.9. The molecule has 7 nitrogen and oxygen atoms in total. The van der Waals surface area contributed by atoms with Gasteiger partial charge in [-0.3, -0.25) is 14.9 Å². The summed E-state index contributed by atoms with van der Waals surface area (Å²) in [4.78, 5) is 38.9. The second-order valence-electron chi connectivity index (χ2n) is 7.58. The Labute approximate surface area is 219 Å². The minimum absolute atomic E-state index is 0.0369. The van der Waals surface area contributed by atoms with Crippen molar-refractivity contribution >= 4 is 57.1 Å². The van der Waals surface area contributed by atoms with Crippen LogP contribution in [0.5, 0.6) is 11.5 Å². The highest BCUT2D eigenvalue weighted by Gasteiger charge is 2.36. The molecule has 1 aliphatic rings. The average molecular weight is 574 g/mol. The lowest BCUT2D eigenvalue weighted by Gasteiger charge is -2.26. The maximum Gasteiger partial charge on any atom is 0.335 e. The van der Waals surface area contributed by atoms with Gasteiger partial charge in [0.1, 0.15) is 18.0 Å². The fraction of sp³-hybridized carbons (Fsp3) is 0.115. The van der Waals surface area contributed by atoms with Gasteiger partial charge in [-0.25, -0.2) is 14.1 Å². The van der Waals surface area contributed by atoms with Crippen molar-refractivity contribution in [2.75, 3.05) is 11.5 Å². The number of amides is 4. The number of anilines is 1. The van der Waals surface area contributed by atoms with Crippen LogP contribution in [0.4, 0.5) is 14.9 Å². The molecule has 1 saturated heterocycles. The van der Waals surface area contributed by atoms with E-state index in [2.05, 4.69) is 21.2 Å². The topological polar surface area (TPSA) is 84.9 Å². The number of imide groups is 2. The molecule has 10 heteroatoms. The molecular formula is C26H19BrClFN2O5. The Morgan fingerprint density at radius 3 is 2.47 bits per heavy atom. The molecule has 0 radical (unpaired) electrons. The lowest BCUT2D eigenvalue weighted by Crippen LogP contribution is -2.54. The number of hydrogen-bond acceptors (Lipinski definition) is 5. The Kier molecular flexibility index (Phi) is 7.71. The molecule has 0 aliphatic carbocycles. The van der Waals surface area contributed by atoms with Gasteiger partial charge >= 0.3 is 6.03 Å². The number of nitrogens with one attached hydrogen (secondary N) is 1. The summed E-state index contributed by atoms with van der Waals surface area (Å²) >= 11 is 9.33. The fourth-order valence-corrected chi connectivity index (χ4v) is 4.19. The molecule has 0 unspecified atom stereocenters. The number of barbiturate groups is 1. The normalized spacial score (nSPS) is 14.7. The second-order valence-corrected chi connectivity index (χ2v) is 8.87. The highest BCUT2D eigenvalue weighted by molar-refractivity contribution is 9.10. The maximum absolute atomic E-state index is 14.0. The van der Waals surface area contributed by atoms with E-state index in [-0.39, 0.29) is 17.9 Å². The third kappa shape index (κ3) is 5.42. The van der Waals surface area contributed by atoms with Crippen LogP contribution >= 0.6 is 27.5 Å². The van der Waals surface area contributed by atoms with Gasteiger partial charge in [0.25, 0.3) is 11.8 Å². The molecule has 4 amide bonds. The summed E-state index contributed by atoms with van der Waals surface area (Å²) in [5.74, 6) is -1.36. The molecule has 0 saturated carbocycles. The number of carbonyl (C=O) groups excluding carboxylic acids is 3. The third-order valence-corrected chi connectivity index (χ3v) is 6.00. The number of rotatable bonds is 7. The van der Waals surface area contributed by atoms with Crippen molar-refractivity contribution in [2.45, 2.75) is 13.5 Å². The van der Waals surface area contributed by atoms with Gasteiger partial charge in [-0.15, -0.1) is 0 Å². The van der Waals surface area contributed by atoms with E-state index in [4.69, 9.17) is 21.1 Å². The van der Waals surface area contributed by atoms with E-state index in [1.54, 1.807) is 37.3 Å². The number of halogens is 3. The van der Waals surface area contributed by atoms with Crippen LogP contribution in [-0.2, 0) is 16.2 Å². The Hall–Kier alpha value is -3.69. The van der Waals surface area contributed by atoms with Gasteiger partial charge in [0.05, 0.1) is 16.8 Å². The predicted octanol–water partition coefficient (Wildman–Crippen LogP) is 5.89. The SMILES string of the molecule is CCOc1cc(/C=C2\C(=O)NC(=O)N(c3ccc(Cl)cc3)C2=O)cc(Br)c1OCc1ccccc1F. The highest BCUT2D eigenvalue weighted by Crippen LogP contribution is 2.38. The number of nitrogens with zero attached hydrogens (tertiary/aromatic N) is 1. The first-order valence-electron chi connectivity index (χ1n) is 10.8. The summed E-state index contributed by atoms with van der Waals surface area (Å²) in [5.41, 5.74) is 0.814. The molecule has 0 atom stereocenters. The minimum Gasteiger partial charge on any atom is -0.490 e. The first-order chi connectivity index (χ1) is 17.3. The number of benzene rings is 3. The summed E-state index contributed by atoms with van der Waals surface area (Å²) < 4.78 is 26.0. The van der Waals surface area contributed by atoms with E-state index in [1.807, 2.05) is 0 Å². The van der Waals surface area contributed by atoms with Crippen LogP contribution in [0, 0.1) is 5.82 Å². The monoisotopic (exact) mass is 572 g/mol. The van der Waals surface area contributed by atoms with E-state index in [9.17, 15) is 18.8 Å². The van der Waals surface area contributed by atoms with Crippen molar-refractivity contribution in [1.29, 1.82) is 0 Å². The van der Waals surface area contributed by atoms with Crippen molar-refractivity contribution in [3.05, 3.63) is 92.7 Å². The summed E-state index contributed by atoms with van der Waals surface area (Å²) in [6, 6.07) is 14.7. The van der Waals surface area contributed by atoms with Crippen molar-refractivity contribution in [3.8, 4) is 11.5 Å². The Morgan fingerprint density at radius 2 is 1.78 bits per heavy atom. The molecule has 184 valence electrons. The van der Waals surface area contributed by atoms with E-state index >= 15 is 0 Å². The maximum atomic E-state index is 14.0. The molecule has 1 fully saturated rings. The number of hydrogen-bond donors (Lipinski definition) is 1. The van der Waals surface area contributed by atoms with Crippen molar-refractivity contribution in [1.82, 2.24) is 5.32 Å². The van der Waals surface area contributed by atoms with Crippen LogP contribution in [0.25, 0.3) is 6.08 Å². The quantitative estimate of drug-likeness (QED) is 0.282. The first-order valence-corrected chi connectivity index (χ1v) is 11.9. The van der Waals surface area contributed by atoms with Crippen molar-refractivity contribution < 1.29 is 28.2 Å². The highest BCUT2D eigenvalue weighted by atomic mass is 79.9. The van der Waals surface area contributed by atoms with Crippen LogP contribution < -0.4 is 19.7 Å². The molecular weight excluding hydrogens is 555 g/mol. The van der Waals surface area contributed by atoms with Crippen LogP contribution in [0.3, 0.4) is 0 Å². The standard InChI is InChI=1S/C26H19BrClFN2O5/c1-2-35-22-13-15(12-20(27)23(22)36-14-16-5-3-4-6-21(16)29)11-19-24(32)30-26(34)31(25(19)33)18-9-7-17(28)8-10-18/h3-13H,2,14H2,1H3,(H,30,32,34)/b19-11+. The Bertz CT molecular complexity index is 1380. The van der Waals surface area contributed by atoms with Crippen molar-refractivity contribution in [2.24, 2.45) is 0 Å². The second kappa shape index (κ2) is 10.9. The number of ether oxygens (including phenoxy) is 2. The molecule has 36 heavy (non-hydrogen) atoms. The zero-order valence-corrected chi connectivity index (χ0v) is 21.2. The average Bonchev–Trinajstić information content (AvgIpc) is 2.83. The van der Waals surface area contributed by atoms with Crippen LogP contribution in [-0.4, -0.2) is 24.5 Å². The molecule has 0 spiro atoms. The Morgan fingerprint density at radius 1 is 1.06 bits per heavy atom. The van der Waals surface area contributed by atoms with Gasteiger partial charge in [0.15, 0.2) is 11.5 Å². The summed E-state index contributed by atoms with van der Waals surface area (Å²) in [5, 5.41) is 2.61. The first kappa shape index (κ1) is 25.4. The minimum atomic E-state index is -0.863. The fourth-order valence-electron chi connectivity index (χ4n) is 3.49. The molecule has 3 aromatic carbocycles. The molecule has 1 aliphatic heterocycles. The van der Waals surface area contributed by atoms with Crippen molar-refractivity contribution in [3.63, 3.8) is 0 Å². The predicted molar refractivity (Wildman–Crippen MR) is 136 cm³/mol.